The summed E-state index contributed by atoms with van der Waals surface area (Å²) >= 11 is 1.73. The molecule has 2 aromatic rings. The maximum absolute atomic E-state index is 4.52. The molecule has 0 amide bonds. The van der Waals surface area contributed by atoms with Gasteiger partial charge in [0.15, 0.2) is 0 Å². The van der Waals surface area contributed by atoms with Gasteiger partial charge in [0, 0.05) is 22.7 Å². The van der Waals surface area contributed by atoms with Gasteiger partial charge in [-0.25, -0.2) is 9.97 Å². The van der Waals surface area contributed by atoms with Crippen molar-refractivity contribution in [3.05, 3.63) is 35.7 Å². The van der Waals surface area contributed by atoms with Crippen molar-refractivity contribution in [1.82, 2.24) is 9.97 Å². The third-order valence-corrected chi connectivity index (χ3v) is 3.86. The predicted molar refractivity (Wildman–Crippen MR) is 91.8 cm³/mol. The van der Waals surface area contributed by atoms with Crippen molar-refractivity contribution in [3.63, 3.8) is 0 Å². The van der Waals surface area contributed by atoms with E-state index in [9.17, 15) is 0 Å². The second-order valence-corrected chi connectivity index (χ2v) is 5.76. The number of anilines is 3. The number of thioether (sulfide) groups is 1. The molecule has 112 valence electrons. The SMILES string of the molecule is CCCNc1nc(C)nc(Nc2cccc(SC)c2)c1C. The van der Waals surface area contributed by atoms with Gasteiger partial charge in [0.05, 0.1) is 0 Å². The smallest absolute Gasteiger partial charge is 0.139 e. The average Bonchev–Trinajstić information content (AvgIpc) is 2.49. The molecule has 21 heavy (non-hydrogen) atoms. The number of nitrogens with zero attached hydrogens (tertiary/aromatic N) is 2. The molecular weight excluding hydrogens is 280 g/mol. The van der Waals surface area contributed by atoms with Gasteiger partial charge in [-0.1, -0.05) is 13.0 Å². The maximum Gasteiger partial charge on any atom is 0.139 e. The molecule has 0 saturated heterocycles. The molecule has 0 aliphatic carbocycles. The molecule has 1 aromatic carbocycles. The van der Waals surface area contributed by atoms with Crippen LogP contribution in [0.5, 0.6) is 0 Å². The van der Waals surface area contributed by atoms with Crippen molar-refractivity contribution in [2.75, 3.05) is 23.4 Å². The quantitative estimate of drug-likeness (QED) is 0.775. The van der Waals surface area contributed by atoms with Crippen LogP contribution in [0.1, 0.15) is 24.7 Å². The van der Waals surface area contributed by atoms with E-state index in [1.165, 1.54) is 4.90 Å². The van der Waals surface area contributed by atoms with Gasteiger partial charge in [-0.3, -0.25) is 0 Å². The first-order chi connectivity index (χ1) is 10.1. The summed E-state index contributed by atoms with van der Waals surface area (Å²) in [6.07, 6.45) is 3.15. The Morgan fingerprint density at radius 2 is 1.90 bits per heavy atom. The van der Waals surface area contributed by atoms with Crippen LogP contribution < -0.4 is 10.6 Å². The Kier molecular flexibility index (Phi) is 5.44. The fourth-order valence-corrected chi connectivity index (χ4v) is 2.46. The first kappa shape index (κ1) is 15.6. The zero-order chi connectivity index (χ0) is 15.2. The fourth-order valence-electron chi connectivity index (χ4n) is 2.00. The third kappa shape index (κ3) is 4.11. The van der Waals surface area contributed by atoms with E-state index in [0.29, 0.717) is 0 Å². The molecule has 5 heteroatoms. The lowest BCUT2D eigenvalue weighted by Crippen LogP contribution is -2.08. The van der Waals surface area contributed by atoms with Gasteiger partial charge in [-0.05, 0) is 44.7 Å². The Bertz CT molecular complexity index is 613. The molecule has 0 saturated carbocycles. The normalized spacial score (nSPS) is 10.5. The number of aryl methyl sites for hydroxylation is 1. The van der Waals surface area contributed by atoms with Crippen LogP contribution in [0, 0.1) is 13.8 Å². The van der Waals surface area contributed by atoms with Crippen LogP contribution in [0.25, 0.3) is 0 Å². The van der Waals surface area contributed by atoms with Crippen LogP contribution in [0.2, 0.25) is 0 Å². The fraction of sp³-hybridized carbons (Fsp3) is 0.375. The lowest BCUT2D eigenvalue weighted by molar-refractivity contribution is 0.948. The van der Waals surface area contributed by atoms with Crippen LogP contribution in [0.4, 0.5) is 17.3 Å². The molecule has 0 aliphatic rings. The molecule has 1 aromatic heterocycles. The van der Waals surface area contributed by atoms with Gasteiger partial charge in [0.1, 0.15) is 17.5 Å². The van der Waals surface area contributed by atoms with Gasteiger partial charge in [-0.15, -0.1) is 11.8 Å². The van der Waals surface area contributed by atoms with Crippen LogP contribution in [0.15, 0.2) is 29.2 Å². The summed E-state index contributed by atoms with van der Waals surface area (Å²) in [5.74, 6) is 2.54. The average molecular weight is 302 g/mol. The molecular formula is C16H22N4S. The molecule has 2 rings (SSSR count). The van der Waals surface area contributed by atoms with Gasteiger partial charge in [0.25, 0.3) is 0 Å². The Morgan fingerprint density at radius 3 is 2.62 bits per heavy atom. The van der Waals surface area contributed by atoms with Crippen LogP contribution in [-0.4, -0.2) is 22.8 Å². The maximum atomic E-state index is 4.52. The van der Waals surface area contributed by atoms with Crippen LogP contribution >= 0.6 is 11.8 Å². The highest BCUT2D eigenvalue weighted by Crippen LogP contribution is 2.25. The highest BCUT2D eigenvalue weighted by atomic mass is 32.2. The molecule has 0 atom stereocenters. The minimum absolute atomic E-state index is 0.766. The standard InChI is InChI=1S/C16H22N4S/c1-5-9-17-15-11(2)16(19-12(3)18-15)20-13-7-6-8-14(10-13)21-4/h6-8,10H,5,9H2,1-4H3,(H2,17,18,19,20). The number of hydrogen-bond acceptors (Lipinski definition) is 5. The van der Waals surface area contributed by atoms with Crippen molar-refractivity contribution in [1.29, 1.82) is 0 Å². The van der Waals surface area contributed by atoms with E-state index in [1.807, 2.05) is 19.9 Å². The van der Waals surface area contributed by atoms with E-state index in [0.717, 1.165) is 41.7 Å². The molecule has 2 N–H and O–H groups in total. The molecule has 0 unspecified atom stereocenters. The molecule has 0 radical (unpaired) electrons. The monoisotopic (exact) mass is 302 g/mol. The number of nitrogens with one attached hydrogen (secondary N) is 2. The number of rotatable bonds is 6. The first-order valence-electron chi connectivity index (χ1n) is 7.14. The number of benzene rings is 1. The Hall–Kier alpha value is -1.75. The molecule has 0 bridgehead atoms. The molecule has 4 nitrogen and oxygen atoms in total. The second kappa shape index (κ2) is 7.31. The summed E-state index contributed by atoms with van der Waals surface area (Å²) in [6.45, 7) is 7.01. The number of hydrogen-bond donors (Lipinski definition) is 2. The molecule has 1 heterocycles. The Morgan fingerprint density at radius 1 is 1.14 bits per heavy atom. The van der Waals surface area contributed by atoms with E-state index in [4.69, 9.17) is 0 Å². The van der Waals surface area contributed by atoms with Crippen molar-refractivity contribution in [2.45, 2.75) is 32.1 Å². The van der Waals surface area contributed by atoms with Crippen molar-refractivity contribution < 1.29 is 0 Å². The Labute approximate surface area is 130 Å². The van der Waals surface area contributed by atoms with E-state index in [2.05, 4.69) is 52.0 Å². The molecule has 0 spiro atoms. The van der Waals surface area contributed by atoms with Crippen molar-refractivity contribution >= 4 is 29.1 Å². The van der Waals surface area contributed by atoms with E-state index < -0.39 is 0 Å². The lowest BCUT2D eigenvalue weighted by atomic mass is 10.2. The van der Waals surface area contributed by atoms with Gasteiger partial charge < -0.3 is 10.6 Å². The molecule has 0 fully saturated rings. The van der Waals surface area contributed by atoms with Crippen LogP contribution in [0.3, 0.4) is 0 Å². The van der Waals surface area contributed by atoms with E-state index in [-0.39, 0.29) is 0 Å². The summed E-state index contributed by atoms with van der Waals surface area (Å²) in [7, 11) is 0. The minimum atomic E-state index is 0.766. The van der Waals surface area contributed by atoms with Gasteiger partial charge in [0.2, 0.25) is 0 Å². The summed E-state index contributed by atoms with van der Waals surface area (Å²) in [6, 6.07) is 8.33. The molecule has 0 aliphatic heterocycles. The largest absolute Gasteiger partial charge is 0.370 e. The summed E-state index contributed by atoms with van der Waals surface area (Å²) in [4.78, 5) is 10.2. The van der Waals surface area contributed by atoms with E-state index in [1.54, 1.807) is 11.8 Å². The lowest BCUT2D eigenvalue weighted by Gasteiger charge is -2.14. The van der Waals surface area contributed by atoms with E-state index >= 15 is 0 Å². The second-order valence-electron chi connectivity index (χ2n) is 4.88. The minimum Gasteiger partial charge on any atom is -0.370 e. The Balaban J connectivity index is 2.28. The highest BCUT2D eigenvalue weighted by Gasteiger charge is 2.09. The number of aromatic nitrogens is 2. The van der Waals surface area contributed by atoms with Gasteiger partial charge in [-0.2, -0.15) is 0 Å². The van der Waals surface area contributed by atoms with Crippen molar-refractivity contribution in [2.24, 2.45) is 0 Å². The first-order valence-corrected chi connectivity index (χ1v) is 8.36. The topological polar surface area (TPSA) is 49.8 Å². The predicted octanol–water partition coefficient (Wildman–Crippen LogP) is 4.38. The van der Waals surface area contributed by atoms with Gasteiger partial charge >= 0.3 is 0 Å². The summed E-state index contributed by atoms with van der Waals surface area (Å²) in [5.41, 5.74) is 2.09. The summed E-state index contributed by atoms with van der Waals surface area (Å²) < 4.78 is 0. The third-order valence-electron chi connectivity index (χ3n) is 3.13. The summed E-state index contributed by atoms with van der Waals surface area (Å²) in [5, 5.41) is 6.76. The zero-order valence-electron chi connectivity index (χ0n) is 13.0. The van der Waals surface area contributed by atoms with Crippen LogP contribution in [-0.2, 0) is 0 Å². The highest BCUT2D eigenvalue weighted by molar-refractivity contribution is 7.98. The van der Waals surface area contributed by atoms with Crippen molar-refractivity contribution in [3.8, 4) is 0 Å². The zero-order valence-corrected chi connectivity index (χ0v) is 13.8.